The lowest BCUT2D eigenvalue weighted by molar-refractivity contribution is 0.223. The van der Waals surface area contributed by atoms with E-state index in [1.807, 2.05) is 0 Å². The molecule has 6 heteroatoms. The van der Waals surface area contributed by atoms with Gasteiger partial charge in [0, 0.05) is 16.8 Å². The van der Waals surface area contributed by atoms with Gasteiger partial charge in [0.15, 0.2) is 17.4 Å². The molecule has 0 saturated heterocycles. The van der Waals surface area contributed by atoms with Gasteiger partial charge in [-0.3, -0.25) is 0 Å². The Bertz CT molecular complexity index is 419. The van der Waals surface area contributed by atoms with E-state index in [0.717, 1.165) is 12.8 Å². The van der Waals surface area contributed by atoms with Gasteiger partial charge < -0.3 is 4.74 Å². The summed E-state index contributed by atoms with van der Waals surface area (Å²) < 4.78 is 57.1. The third kappa shape index (κ3) is 2.41. The average molecular weight is 313 g/mol. The number of alkyl halides is 1. The standard InChI is InChI=1S/C11H9BrF4O/c12-4-11(1-2-11)5-17-10-8(15)6(13)3-7(14)9(10)16/h3H,1-2,4-5H2. The summed E-state index contributed by atoms with van der Waals surface area (Å²) in [4.78, 5) is 0. The lowest BCUT2D eigenvalue weighted by atomic mass is 10.2. The first-order valence-electron chi connectivity index (χ1n) is 5.01. The fraction of sp³-hybridized carbons (Fsp3) is 0.455. The van der Waals surface area contributed by atoms with Crippen molar-refractivity contribution in [3.63, 3.8) is 0 Å². The highest BCUT2D eigenvalue weighted by Crippen LogP contribution is 2.47. The van der Waals surface area contributed by atoms with E-state index in [9.17, 15) is 17.6 Å². The fourth-order valence-corrected chi connectivity index (χ4v) is 2.12. The first kappa shape index (κ1) is 12.7. The van der Waals surface area contributed by atoms with Crippen LogP contribution in [0.2, 0.25) is 0 Å². The molecule has 0 spiro atoms. The van der Waals surface area contributed by atoms with Crippen molar-refractivity contribution in [3.05, 3.63) is 29.3 Å². The molecule has 0 heterocycles. The molecular formula is C11H9BrF4O. The summed E-state index contributed by atoms with van der Waals surface area (Å²) in [6.45, 7) is 0.0367. The van der Waals surface area contributed by atoms with Gasteiger partial charge in [-0.25, -0.2) is 8.78 Å². The maximum Gasteiger partial charge on any atom is 0.203 e. The van der Waals surface area contributed by atoms with Crippen LogP contribution in [0.15, 0.2) is 6.07 Å². The van der Waals surface area contributed by atoms with Crippen LogP contribution in [0.5, 0.6) is 5.75 Å². The van der Waals surface area contributed by atoms with E-state index < -0.39 is 29.0 Å². The Hall–Kier alpha value is -0.780. The van der Waals surface area contributed by atoms with E-state index >= 15 is 0 Å². The molecule has 94 valence electrons. The smallest absolute Gasteiger partial charge is 0.203 e. The van der Waals surface area contributed by atoms with Crippen molar-refractivity contribution in [2.24, 2.45) is 5.41 Å². The minimum atomic E-state index is -1.49. The Balaban J connectivity index is 2.20. The van der Waals surface area contributed by atoms with E-state index in [0.29, 0.717) is 5.33 Å². The molecule has 0 amide bonds. The summed E-state index contributed by atoms with van der Waals surface area (Å²) >= 11 is 3.26. The van der Waals surface area contributed by atoms with Crippen LogP contribution in [-0.2, 0) is 0 Å². The van der Waals surface area contributed by atoms with Gasteiger partial charge in [-0.2, -0.15) is 8.78 Å². The van der Waals surface area contributed by atoms with Gasteiger partial charge >= 0.3 is 0 Å². The third-order valence-corrected chi connectivity index (χ3v) is 4.02. The van der Waals surface area contributed by atoms with Crippen molar-refractivity contribution in [2.45, 2.75) is 12.8 Å². The lowest BCUT2D eigenvalue weighted by Gasteiger charge is -2.14. The summed E-state index contributed by atoms with van der Waals surface area (Å²) in [5.74, 6) is -6.87. The molecule has 1 nitrogen and oxygen atoms in total. The molecule has 1 aliphatic carbocycles. The molecule has 0 radical (unpaired) electrons. The van der Waals surface area contributed by atoms with Crippen molar-refractivity contribution < 1.29 is 22.3 Å². The predicted molar refractivity (Wildman–Crippen MR) is 57.2 cm³/mol. The SMILES string of the molecule is Fc1cc(F)c(F)c(OCC2(CBr)CC2)c1F. The van der Waals surface area contributed by atoms with Crippen molar-refractivity contribution in [3.8, 4) is 5.75 Å². The van der Waals surface area contributed by atoms with E-state index in [2.05, 4.69) is 15.9 Å². The molecule has 17 heavy (non-hydrogen) atoms. The van der Waals surface area contributed by atoms with Gasteiger partial charge in [-0.15, -0.1) is 0 Å². The van der Waals surface area contributed by atoms with E-state index in [-0.39, 0.29) is 18.1 Å². The second kappa shape index (κ2) is 4.48. The molecule has 0 N–H and O–H groups in total. The topological polar surface area (TPSA) is 9.23 Å². The maximum atomic E-state index is 13.2. The first-order valence-corrected chi connectivity index (χ1v) is 6.13. The molecule has 0 aliphatic heterocycles. The average Bonchev–Trinajstić information content (AvgIpc) is 3.07. The van der Waals surface area contributed by atoms with Gasteiger partial charge in [-0.05, 0) is 12.8 Å². The van der Waals surface area contributed by atoms with Crippen molar-refractivity contribution in [2.75, 3.05) is 11.9 Å². The number of rotatable bonds is 4. The largest absolute Gasteiger partial charge is 0.487 e. The molecule has 1 aromatic carbocycles. The quantitative estimate of drug-likeness (QED) is 0.467. The molecule has 1 fully saturated rings. The number of benzene rings is 1. The van der Waals surface area contributed by atoms with Crippen LogP contribution in [0.1, 0.15) is 12.8 Å². The highest BCUT2D eigenvalue weighted by molar-refractivity contribution is 9.09. The minimum Gasteiger partial charge on any atom is -0.487 e. The van der Waals surface area contributed by atoms with Crippen molar-refractivity contribution in [1.82, 2.24) is 0 Å². The van der Waals surface area contributed by atoms with E-state index in [1.54, 1.807) is 0 Å². The van der Waals surface area contributed by atoms with Crippen LogP contribution in [0.25, 0.3) is 0 Å². The van der Waals surface area contributed by atoms with Gasteiger partial charge in [0.2, 0.25) is 11.6 Å². The lowest BCUT2D eigenvalue weighted by Crippen LogP contribution is -2.16. The second-order valence-electron chi connectivity index (χ2n) is 4.22. The number of hydrogen-bond donors (Lipinski definition) is 0. The maximum absolute atomic E-state index is 13.2. The fourth-order valence-electron chi connectivity index (χ4n) is 1.40. The molecule has 2 rings (SSSR count). The number of halogens is 5. The molecule has 1 aromatic rings. The normalized spacial score (nSPS) is 17.0. The second-order valence-corrected chi connectivity index (χ2v) is 4.78. The Morgan fingerprint density at radius 3 is 2.06 bits per heavy atom. The van der Waals surface area contributed by atoms with Crippen LogP contribution >= 0.6 is 15.9 Å². The van der Waals surface area contributed by atoms with Crippen LogP contribution in [0.4, 0.5) is 17.6 Å². The summed E-state index contributed by atoms with van der Waals surface area (Å²) in [5.41, 5.74) is -0.165. The van der Waals surface area contributed by atoms with Crippen LogP contribution < -0.4 is 4.74 Å². The molecule has 0 unspecified atom stereocenters. The van der Waals surface area contributed by atoms with E-state index in [1.165, 1.54) is 0 Å². The Morgan fingerprint density at radius 2 is 1.65 bits per heavy atom. The van der Waals surface area contributed by atoms with Gasteiger partial charge in [0.1, 0.15) is 0 Å². The summed E-state index contributed by atoms with van der Waals surface area (Å²) in [5, 5.41) is 0.626. The Kier molecular flexibility index (Phi) is 3.34. The summed E-state index contributed by atoms with van der Waals surface area (Å²) in [6, 6.07) is 0.162. The number of ether oxygens (including phenoxy) is 1. The highest BCUT2D eigenvalue weighted by Gasteiger charge is 2.43. The predicted octanol–water partition coefficient (Wildman–Crippen LogP) is 3.80. The number of hydrogen-bond acceptors (Lipinski definition) is 1. The van der Waals surface area contributed by atoms with Crippen molar-refractivity contribution in [1.29, 1.82) is 0 Å². The van der Waals surface area contributed by atoms with Gasteiger partial charge in [0.25, 0.3) is 0 Å². The summed E-state index contributed by atoms with van der Waals surface area (Å²) in [7, 11) is 0. The molecule has 0 atom stereocenters. The zero-order valence-electron chi connectivity index (χ0n) is 8.70. The molecular weight excluding hydrogens is 304 g/mol. The monoisotopic (exact) mass is 312 g/mol. The van der Waals surface area contributed by atoms with Crippen molar-refractivity contribution >= 4 is 15.9 Å². The van der Waals surface area contributed by atoms with Gasteiger partial charge in [-0.1, -0.05) is 15.9 Å². The molecule has 1 saturated carbocycles. The molecule has 0 bridgehead atoms. The zero-order valence-corrected chi connectivity index (χ0v) is 10.3. The molecule has 1 aliphatic rings. The molecule has 0 aromatic heterocycles. The Labute approximate surface area is 104 Å². The van der Waals surface area contributed by atoms with Crippen LogP contribution in [0, 0.1) is 28.7 Å². The minimum absolute atomic E-state index is 0.0367. The van der Waals surface area contributed by atoms with E-state index in [4.69, 9.17) is 4.74 Å². The highest BCUT2D eigenvalue weighted by atomic mass is 79.9. The third-order valence-electron chi connectivity index (χ3n) is 2.83. The van der Waals surface area contributed by atoms with Crippen LogP contribution in [0.3, 0.4) is 0 Å². The Morgan fingerprint density at radius 1 is 1.12 bits per heavy atom. The van der Waals surface area contributed by atoms with Crippen LogP contribution in [-0.4, -0.2) is 11.9 Å². The van der Waals surface area contributed by atoms with Gasteiger partial charge in [0.05, 0.1) is 6.61 Å². The zero-order chi connectivity index (χ0) is 12.6. The summed E-state index contributed by atoms with van der Waals surface area (Å²) in [6.07, 6.45) is 1.72. The first-order chi connectivity index (χ1) is 7.99.